The minimum Gasteiger partial charge on any atom is -0.508 e. The second-order valence-electron chi connectivity index (χ2n) is 10.5. The molecule has 4 aromatic carbocycles. The molecule has 2 aliphatic heterocycles. The third-order valence-corrected chi connectivity index (χ3v) is 7.77. The van der Waals surface area contributed by atoms with E-state index in [0.29, 0.717) is 0 Å². The molecule has 13 heteroatoms. The largest absolute Gasteiger partial charge is 0.508 e. The highest BCUT2D eigenvalue weighted by Gasteiger charge is 2.46. The summed E-state index contributed by atoms with van der Waals surface area (Å²) in [5.41, 5.74) is 0.0126. The maximum atomic E-state index is 11.8. The summed E-state index contributed by atoms with van der Waals surface area (Å²) >= 11 is 0. The number of fused-ring (bicyclic) bond motifs is 2. The number of benzene rings is 4. The summed E-state index contributed by atoms with van der Waals surface area (Å²) in [6, 6.07) is 8.92. The number of phenolic OH excluding ortho intramolecular Hbond substituents is 9. The second-order valence-corrected chi connectivity index (χ2v) is 10.5. The average molecular weight is 595 g/mol. The molecule has 0 saturated carbocycles. The number of ether oxygens (including phenoxy) is 2. The number of aromatic hydroxyl groups is 9. The molecule has 0 bridgehead atoms. The molecule has 0 saturated heterocycles. The van der Waals surface area contributed by atoms with Crippen LogP contribution in [-0.4, -0.2) is 68.4 Å². The van der Waals surface area contributed by atoms with Crippen molar-refractivity contribution in [1.29, 1.82) is 0 Å². The second kappa shape index (κ2) is 9.86. The molecule has 4 aromatic rings. The zero-order chi connectivity index (χ0) is 30.9. The number of rotatable bonds is 3. The Morgan fingerprint density at radius 1 is 0.558 bits per heavy atom. The zero-order valence-corrected chi connectivity index (χ0v) is 21.9. The molecule has 43 heavy (non-hydrogen) atoms. The van der Waals surface area contributed by atoms with Gasteiger partial charge >= 0.3 is 0 Å². The van der Waals surface area contributed by atoms with Gasteiger partial charge in [-0.25, -0.2) is 0 Å². The Kier molecular flexibility index (Phi) is 6.36. The highest BCUT2D eigenvalue weighted by molar-refractivity contribution is 5.66. The van der Waals surface area contributed by atoms with E-state index in [1.165, 1.54) is 18.2 Å². The van der Waals surface area contributed by atoms with E-state index >= 15 is 0 Å². The summed E-state index contributed by atoms with van der Waals surface area (Å²) in [5, 5.41) is 116. The molecular weight excluding hydrogens is 568 g/mol. The smallest absolute Gasteiger partial charge is 0.200 e. The summed E-state index contributed by atoms with van der Waals surface area (Å²) in [4.78, 5) is 0. The van der Waals surface area contributed by atoms with Crippen molar-refractivity contribution < 1.29 is 65.6 Å². The lowest BCUT2D eigenvalue weighted by molar-refractivity contribution is 0.00113. The van der Waals surface area contributed by atoms with Crippen LogP contribution in [0.2, 0.25) is 0 Å². The minimum absolute atomic E-state index is 0.0258. The monoisotopic (exact) mass is 594 g/mol. The Balaban J connectivity index is 1.56. The van der Waals surface area contributed by atoms with Gasteiger partial charge in [-0.15, -0.1) is 0 Å². The topological polar surface area (TPSA) is 241 Å². The number of aliphatic hydroxyl groups excluding tert-OH is 2. The van der Waals surface area contributed by atoms with Gasteiger partial charge in [0.25, 0.3) is 0 Å². The third kappa shape index (κ3) is 4.42. The van der Waals surface area contributed by atoms with Crippen molar-refractivity contribution in [2.45, 2.75) is 36.8 Å². The minimum atomic E-state index is -1.64. The van der Waals surface area contributed by atoms with E-state index in [2.05, 4.69) is 0 Å². The van der Waals surface area contributed by atoms with Crippen LogP contribution >= 0.6 is 0 Å². The van der Waals surface area contributed by atoms with Crippen molar-refractivity contribution in [2.75, 3.05) is 0 Å². The molecule has 6 rings (SSSR count). The van der Waals surface area contributed by atoms with Crippen LogP contribution in [0.4, 0.5) is 0 Å². The number of aliphatic hydroxyl groups is 2. The molecule has 0 radical (unpaired) electrons. The summed E-state index contributed by atoms with van der Waals surface area (Å²) in [6.45, 7) is 0. The first-order valence-corrected chi connectivity index (χ1v) is 12.9. The van der Waals surface area contributed by atoms with E-state index in [-0.39, 0.29) is 51.5 Å². The Morgan fingerprint density at radius 2 is 1.21 bits per heavy atom. The van der Waals surface area contributed by atoms with Crippen molar-refractivity contribution in [3.05, 3.63) is 76.3 Å². The van der Waals surface area contributed by atoms with Crippen LogP contribution in [0.15, 0.2) is 48.5 Å². The van der Waals surface area contributed by atoms with Crippen LogP contribution in [0.5, 0.6) is 63.2 Å². The Bertz CT molecular complexity index is 1750. The van der Waals surface area contributed by atoms with Crippen molar-refractivity contribution >= 4 is 0 Å². The fourth-order valence-corrected chi connectivity index (χ4v) is 5.78. The average Bonchev–Trinajstić information content (AvgIpc) is 2.94. The first-order chi connectivity index (χ1) is 20.3. The SMILES string of the molecule is Oc1cc(O)c2c(c1)O[C@H](c1ccc(O)c(O)c1)[C@H](O)[C@H]2c1c(O)cc(O)c2c1O[C@H](c1cc(O)c(O)c(O)c1)[C@H](O)C2. The molecule has 2 heterocycles. The normalized spacial score (nSPS) is 22.6. The van der Waals surface area contributed by atoms with Crippen LogP contribution in [0.3, 0.4) is 0 Å². The summed E-state index contributed by atoms with van der Waals surface area (Å²) in [6.07, 6.45) is -5.87. The van der Waals surface area contributed by atoms with Crippen LogP contribution in [0, 0.1) is 0 Å². The molecule has 224 valence electrons. The van der Waals surface area contributed by atoms with Crippen LogP contribution in [0.1, 0.15) is 45.9 Å². The van der Waals surface area contributed by atoms with Gasteiger partial charge in [0.1, 0.15) is 40.6 Å². The highest BCUT2D eigenvalue weighted by atomic mass is 16.5. The first kappa shape index (κ1) is 27.8. The van der Waals surface area contributed by atoms with E-state index in [9.17, 15) is 56.2 Å². The molecule has 11 N–H and O–H groups in total. The molecule has 0 spiro atoms. The molecule has 13 nitrogen and oxygen atoms in total. The Labute approximate surface area is 242 Å². The van der Waals surface area contributed by atoms with Crippen LogP contribution in [-0.2, 0) is 6.42 Å². The summed E-state index contributed by atoms with van der Waals surface area (Å²) in [7, 11) is 0. The van der Waals surface area contributed by atoms with E-state index in [0.717, 1.165) is 30.3 Å². The molecule has 0 aliphatic carbocycles. The quantitative estimate of drug-likeness (QED) is 0.153. The van der Waals surface area contributed by atoms with Gasteiger partial charge in [0, 0.05) is 46.9 Å². The summed E-state index contributed by atoms with van der Waals surface area (Å²) < 4.78 is 12.0. The fraction of sp³-hybridized carbons (Fsp3) is 0.200. The molecule has 5 atom stereocenters. The zero-order valence-electron chi connectivity index (χ0n) is 21.9. The highest BCUT2D eigenvalue weighted by Crippen LogP contribution is 2.57. The number of hydrogen-bond donors (Lipinski definition) is 11. The van der Waals surface area contributed by atoms with E-state index in [1.807, 2.05) is 0 Å². The van der Waals surface area contributed by atoms with Crippen molar-refractivity contribution in [1.82, 2.24) is 0 Å². The Hall–Kier alpha value is -5.40. The molecule has 0 unspecified atom stereocenters. The van der Waals surface area contributed by atoms with Gasteiger partial charge in [-0.1, -0.05) is 6.07 Å². The standard InChI is InChI=1S/C30H26O13/c31-12-6-17(35)23-22(7-12)42-29(10-1-2-14(32)16(34)3-10)27(41)25(23)24-18(36)9-15(33)13-8-21(39)28(43-30(13)24)11-4-19(37)26(40)20(38)5-11/h1-7,9,21,25,27-29,31-41H,8H2/t21-,25-,27-,28-,29-/m1/s1. The first-order valence-electron chi connectivity index (χ1n) is 12.9. The predicted molar refractivity (Wildman–Crippen MR) is 145 cm³/mol. The molecular formula is C30H26O13. The number of phenols is 9. The van der Waals surface area contributed by atoms with Crippen LogP contribution in [0.25, 0.3) is 0 Å². The van der Waals surface area contributed by atoms with Gasteiger partial charge in [-0.2, -0.15) is 0 Å². The lowest BCUT2D eigenvalue weighted by Crippen LogP contribution is -2.36. The van der Waals surface area contributed by atoms with Crippen molar-refractivity contribution in [2.24, 2.45) is 0 Å². The van der Waals surface area contributed by atoms with Gasteiger partial charge in [0.2, 0.25) is 0 Å². The molecule has 0 fully saturated rings. The van der Waals surface area contributed by atoms with E-state index in [1.54, 1.807) is 0 Å². The summed E-state index contributed by atoms with van der Waals surface area (Å²) in [5.74, 6) is -6.77. The number of hydrogen-bond acceptors (Lipinski definition) is 13. The van der Waals surface area contributed by atoms with Gasteiger partial charge in [0.05, 0.1) is 12.0 Å². The van der Waals surface area contributed by atoms with Gasteiger partial charge in [-0.3, -0.25) is 0 Å². The Morgan fingerprint density at radius 3 is 1.88 bits per heavy atom. The molecule has 2 aliphatic rings. The fourth-order valence-electron chi connectivity index (χ4n) is 5.78. The lowest BCUT2D eigenvalue weighted by atomic mass is 9.77. The van der Waals surface area contributed by atoms with E-state index in [4.69, 9.17) is 9.47 Å². The maximum Gasteiger partial charge on any atom is 0.200 e. The van der Waals surface area contributed by atoms with Gasteiger partial charge in [-0.05, 0) is 29.8 Å². The third-order valence-electron chi connectivity index (χ3n) is 7.77. The van der Waals surface area contributed by atoms with E-state index < -0.39 is 76.3 Å². The molecule has 0 amide bonds. The van der Waals surface area contributed by atoms with Crippen molar-refractivity contribution in [3.8, 4) is 63.2 Å². The molecule has 0 aromatic heterocycles. The van der Waals surface area contributed by atoms with Crippen molar-refractivity contribution in [3.63, 3.8) is 0 Å². The predicted octanol–water partition coefficient (Wildman–Crippen LogP) is 2.70. The van der Waals surface area contributed by atoms with Gasteiger partial charge in [0.15, 0.2) is 41.0 Å². The lowest BCUT2D eigenvalue weighted by Gasteiger charge is -2.40. The van der Waals surface area contributed by atoms with Gasteiger partial charge < -0.3 is 65.6 Å². The van der Waals surface area contributed by atoms with Crippen LogP contribution < -0.4 is 9.47 Å². The maximum absolute atomic E-state index is 11.8.